The highest BCUT2D eigenvalue weighted by atomic mass is 16.5. The largest absolute Gasteiger partial charge is 0.494 e. The Morgan fingerprint density at radius 2 is 1.52 bits per heavy atom. The monoisotopic (exact) mass is 283 g/mol. The third-order valence-electron chi connectivity index (χ3n) is 3.77. The normalized spacial score (nSPS) is 11.4. The molecule has 0 spiro atoms. The van der Waals surface area contributed by atoms with Crippen molar-refractivity contribution >= 4 is 0 Å². The van der Waals surface area contributed by atoms with Crippen LogP contribution in [0.5, 0.6) is 5.75 Å². The molecule has 0 unspecified atom stereocenters. The highest BCUT2D eigenvalue weighted by Gasteiger charge is 2.15. The summed E-state index contributed by atoms with van der Waals surface area (Å²) >= 11 is 0. The lowest BCUT2D eigenvalue weighted by atomic mass is 9.90. The fraction of sp³-hybridized carbons (Fsp3) is 0.368. The molecule has 0 fully saturated rings. The number of rotatable bonds is 7. The third-order valence-corrected chi connectivity index (χ3v) is 3.77. The molecule has 0 bridgehead atoms. The Morgan fingerprint density at radius 3 is 2.14 bits per heavy atom. The molecule has 2 aromatic rings. The van der Waals surface area contributed by atoms with Crippen LogP contribution in [0.1, 0.15) is 31.4 Å². The Hall–Kier alpha value is -1.80. The van der Waals surface area contributed by atoms with E-state index in [0.29, 0.717) is 13.2 Å². The van der Waals surface area contributed by atoms with Crippen molar-refractivity contribution in [3.63, 3.8) is 0 Å². The van der Waals surface area contributed by atoms with Gasteiger partial charge < -0.3 is 10.5 Å². The van der Waals surface area contributed by atoms with Gasteiger partial charge >= 0.3 is 0 Å². The van der Waals surface area contributed by atoms with Gasteiger partial charge in [0, 0.05) is 0 Å². The minimum atomic E-state index is 0.146. The molecule has 2 N–H and O–H groups in total. The summed E-state index contributed by atoms with van der Waals surface area (Å²) in [5.41, 5.74) is 8.50. The van der Waals surface area contributed by atoms with Crippen molar-refractivity contribution in [2.75, 3.05) is 13.2 Å². The molecule has 2 rings (SSSR count). The van der Waals surface area contributed by atoms with E-state index in [1.807, 2.05) is 18.2 Å². The van der Waals surface area contributed by atoms with Crippen molar-refractivity contribution in [2.24, 2.45) is 11.1 Å². The van der Waals surface area contributed by atoms with Gasteiger partial charge in [0.1, 0.15) is 5.75 Å². The van der Waals surface area contributed by atoms with Crippen molar-refractivity contribution in [3.8, 4) is 5.75 Å². The topological polar surface area (TPSA) is 35.2 Å². The highest BCUT2D eigenvalue weighted by Crippen LogP contribution is 2.20. The smallest absolute Gasteiger partial charge is 0.119 e. The van der Waals surface area contributed by atoms with Gasteiger partial charge in [-0.15, -0.1) is 0 Å². The zero-order valence-electron chi connectivity index (χ0n) is 13.0. The molecule has 0 atom stereocenters. The van der Waals surface area contributed by atoms with Gasteiger partial charge in [-0.1, -0.05) is 56.3 Å². The SMILES string of the molecule is CC(C)(CN)CCOc1ccc(Cc2ccccc2)cc1. The second-order valence-electron chi connectivity index (χ2n) is 6.27. The first kappa shape index (κ1) is 15.6. The molecule has 21 heavy (non-hydrogen) atoms. The summed E-state index contributed by atoms with van der Waals surface area (Å²) in [5.74, 6) is 0.930. The van der Waals surface area contributed by atoms with Crippen LogP contribution >= 0.6 is 0 Å². The first-order valence-corrected chi connectivity index (χ1v) is 7.55. The van der Waals surface area contributed by atoms with Crippen LogP contribution in [0.2, 0.25) is 0 Å². The number of ether oxygens (including phenoxy) is 1. The molecule has 0 radical (unpaired) electrons. The van der Waals surface area contributed by atoms with Gasteiger partial charge in [-0.2, -0.15) is 0 Å². The molecule has 0 aromatic heterocycles. The van der Waals surface area contributed by atoms with Crippen molar-refractivity contribution in [1.29, 1.82) is 0 Å². The molecule has 0 saturated heterocycles. The van der Waals surface area contributed by atoms with Crippen molar-refractivity contribution in [3.05, 3.63) is 65.7 Å². The van der Waals surface area contributed by atoms with Crippen LogP contribution in [0.25, 0.3) is 0 Å². The molecule has 0 saturated carbocycles. The van der Waals surface area contributed by atoms with Crippen LogP contribution in [-0.2, 0) is 6.42 Å². The molecule has 112 valence electrons. The summed E-state index contributed by atoms with van der Waals surface area (Å²) in [5, 5.41) is 0. The van der Waals surface area contributed by atoms with Gasteiger partial charge in [-0.25, -0.2) is 0 Å². The maximum absolute atomic E-state index is 5.79. The van der Waals surface area contributed by atoms with Gasteiger partial charge in [0.15, 0.2) is 0 Å². The number of hydrogen-bond donors (Lipinski definition) is 1. The van der Waals surface area contributed by atoms with E-state index in [0.717, 1.165) is 18.6 Å². The highest BCUT2D eigenvalue weighted by molar-refractivity contribution is 5.31. The van der Waals surface area contributed by atoms with E-state index < -0.39 is 0 Å². The van der Waals surface area contributed by atoms with E-state index in [9.17, 15) is 0 Å². The van der Waals surface area contributed by atoms with E-state index in [1.165, 1.54) is 11.1 Å². The van der Waals surface area contributed by atoms with Crippen LogP contribution in [0.3, 0.4) is 0 Å². The zero-order chi connectivity index (χ0) is 15.1. The molecule has 2 aromatic carbocycles. The lowest BCUT2D eigenvalue weighted by Crippen LogP contribution is -2.25. The molecular weight excluding hydrogens is 258 g/mol. The number of benzene rings is 2. The Bertz CT molecular complexity index is 531. The van der Waals surface area contributed by atoms with E-state index >= 15 is 0 Å². The summed E-state index contributed by atoms with van der Waals surface area (Å²) in [6, 6.07) is 18.9. The maximum atomic E-state index is 5.79. The summed E-state index contributed by atoms with van der Waals surface area (Å²) in [6.07, 6.45) is 1.93. The first-order valence-electron chi connectivity index (χ1n) is 7.55. The molecule has 0 amide bonds. The molecule has 0 heterocycles. The summed E-state index contributed by atoms with van der Waals surface area (Å²) in [6.45, 7) is 5.73. The van der Waals surface area contributed by atoms with Crippen LogP contribution in [0.15, 0.2) is 54.6 Å². The Morgan fingerprint density at radius 1 is 0.905 bits per heavy atom. The van der Waals surface area contributed by atoms with Gasteiger partial charge in [-0.05, 0) is 48.1 Å². The molecule has 0 aliphatic heterocycles. The summed E-state index contributed by atoms with van der Waals surface area (Å²) in [4.78, 5) is 0. The lowest BCUT2D eigenvalue weighted by Gasteiger charge is -2.22. The quantitative estimate of drug-likeness (QED) is 0.832. The zero-order valence-corrected chi connectivity index (χ0v) is 13.0. The first-order chi connectivity index (χ1) is 10.1. The van der Waals surface area contributed by atoms with Crippen LogP contribution in [0, 0.1) is 5.41 Å². The second kappa shape index (κ2) is 7.28. The molecule has 2 heteroatoms. The molecule has 0 aliphatic rings. The van der Waals surface area contributed by atoms with Crippen molar-refractivity contribution in [1.82, 2.24) is 0 Å². The maximum Gasteiger partial charge on any atom is 0.119 e. The Labute approximate surface area is 127 Å². The van der Waals surface area contributed by atoms with Crippen molar-refractivity contribution < 1.29 is 4.74 Å². The fourth-order valence-electron chi connectivity index (χ4n) is 2.08. The Kier molecular flexibility index (Phi) is 5.40. The average molecular weight is 283 g/mol. The predicted octanol–water partition coefficient (Wildman–Crippen LogP) is 4.03. The number of hydrogen-bond acceptors (Lipinski definition) is 2. The van der Waals surface area contributed by atoms with E-state index in [1.54, 1.807) is 0 Å². The molecular formula is C19H25NO. The molecule has 2 nitrogen and oxygen atoms in total. The minimum Gasteiger partial charge on any atom is -0.494 e. The molecule has 0 aliphatic carbocycles. The Balaban J connectivity index is 1.85. The number of nitrogens with two attached hydrogens (primary N) is 1. The summed E-state index contributed by atoms with van der Waals surface area (Å²) in [7, 11) is 0. The van der Waals surface area contributed by atoms with Crippen LogP contribution in [-0.4, -0.2) is 13.2 Å². The fourth-order valence-corrected chi connectivity index (χ4v) is 2.08. The van der Waals surface area contributed by atoms with Gasteiger partial charge in [-0.3, -0.25) is 0 Å². The van der Waals surface area contributed by atoms with Crippen LogP contribution < -0.4 is 10.5 Å². The van der Waals surface area contributed by atoms with E-state index in [-0.39, 0.29) is 5.41 Å². The average Bonchev–Trinajstić information content (AvgIpc) is 2.50. The van der Waals surface area contributed by atoms with E-state index in [4.69, 9.17) is 10.5 Å². The third kappa shape index (κ3) is 5.24. The van der Waals surface area contributed by atoms with Gasteiger partial charge in [0.2, 0.25) is 0 Å². The van der Waals surface area contributed by atoms with Gasteiger partial charge in [0.05, 0.1) is 6.61 Å². The predicted molar refractivity (Wildman–Crippen MR) is 88.6 cm³/mol. The summed E-state index contributed by atoms with van der Waals surface area (Å²) < 4.78 is 5.79. The van der Waals surface area contributed by atoms with Crippen LogP contribution in [0.4, 0.5) is 0 Å². The van der Waals surface area contributed by atoms with Crippen molar-refractivity contribution in [2.45, 2.75) is 26.7 Å². The lowest BCUT2D eigenvalue weighted by molar-refractivity contribution is 0.233. The second-order valence-corrected chi connectivity index (χ2v) is 6.27. The minimum absolute atomic E-state index is 0.146. The van der Waals surface area contributed by atoms with E-state index in [2.05, 4.69) is 50.2 Å². The van der Waals surface area contributed by atoms with Gasteiger partial charge in [0.25, 0.3) is 0 Å². The standard InChI is InChI=1S/C19H25NO/c1-19(2,15-20)12-13-21-18-10-8-17(9-11-18)14-16-6-4-3-5-7-16/h3-11H,12-15,20H2,1-2H3.